The van der Waals surface area contributed by atoms with Crippen molar-refractivity contribution >= 4 is 5.69 Å². The highest BCUT2D eigenvalue weighted by Crippen LogP contribution is 2.30. The van der Waals surface area contributed by atoms with Crippen LogP contribution in [0.5, 0.6) is 5.75 Å². The number of nitrogens with zero attached hydrogens (tertiary/aromatic N) is 1. The third-order valence-electron chi connectivity index (χ3n) is 2.29. The van der Waals surface area contributed by atoms with Gasteiger partial charge in [-0.1, -0.05) is 6.92 Å². The van der Waals surface area contributed by atoms with E-state index < -0.39 is 17.5 Å². The number of non-ortho nitro benzene ring substituents is 1. The molecule has 1 rings (SSSR count). The molecule has 0 aliphatic carbocycles. The number of hydrogen-bond acceptors (Lipinski definition) is 3. The Kier molecular flexibility index (Phi) is 4.87. The molecule has 0 spiro atoms. The average Bonchev–Trinajstić information content (AvgIpc) is 2.35. The Morgan fingerprint density at radius 1 is 1.59 bits per heavy atom. The number of nitro groups is 1. The van der Waals surface area contributed by atoms with Crippen LogP contribution >= 0.6 is 0 Å². The maximum Gasteiger partial charge on any atom is 0.269 e. The first-order valence-electron chi connectivity index (χ1n) is 5.40. The summed E-state index contributed by atoms with van der Waals surface area (Å²) in [6.07, 6.45) is 0.813. The van der Waals surface area contributed by atoms with Crippen LogP contribution in [0.4, 0.5) is 10.1 Å². The van der Waals surface area contributed by atoms with Crippen molar-refractivity contribution in [2.45, 2.75) is 19.3 Å². The van der Waals surface area contributed by atoms with Crippen LogP contribution < -0.4 is 4.74 Å². The lowest BCUT2D eigenvalue weighted by Crippen LogP contribution is -2.04. The van der Waals surface area contributed by atoms with Crippen LogP contribution in [0.15, 0.2) is 18.2 Å². The summed E-state index contributed by atoms with van der Waals surface area (Å²) in [4.78, 5) is 10.1. The van der Waals surface area contributed by atoms with Crippen LogP contribution in [0.25, 0.3) is 0 Å². The highest BCUT2D eigenvalue weighted by atomic mass is 19.1. The minimum Gasteiger partial charge on any atom is -0.493 e. The average molecular weight is 240 g/mol. The molecule has 17 heavy (non-hydrogen) atoms. The fourth-order valence-corrected chi connectivity index (χ4v) is 1.40. The van der Waals surface area contributed by atoms with E-state index in [1.165, 1.54) is 18.2 Å². The second-order valence-corrected chi connectivity index (χ2v) is 3.68. The second kappa shape index (κ2) is 6.18. The van der Waals surface area contributed by atoms with Crippen LogP contribution in [0.2, 0.25) is 0 Å². The lowest BCUT2D eigenvalue weighted by molar-refractivity contribution is -0.384. The number of nitro benzene ring substituents is 1. The largest absolute Gasteiger partial charge is 0.493 e. The van der Waals surface area contributed by atoms with Gasteiger partial charge >= 0.3 is 0 Å². The second-order valence-electron chi connectivity index (χ2n) is 3.68. The Labute approximate surface area is 99.6 Å². The van der Waals surface area contributed by atoms with Crippen LogP contribution in [0.1, 0.15) is 24.8 Å². The third-order valence-corrected chi connectivity index (χ3v) is 2.29. The van der Waals surface area contributed by atoms with E-state index in [0.29, 0.717) is 17.9 Å². The van der Waals surface area contributed by atoms with Crippen LogP contribution in [-0.2, 0) is 0 Å². The van der Waals surface area contributed by atoms with Gasteiger partial charge in [0.05, 0.1) is 18.2 Å². The van der Waals surface area contributed by atoms with Gasteiger partial charge in [-0.2, -0.15) is 0 Å². The van der Waals surface area contributed by atoms with Crippen molar-refractivity contribution in [2.24, 2.45) is 0 Å². The number of benzene rings is 1. The summed E-state index contributed by atoms with van der Waals surface area (Å²) in [5.41, 5.74) is 0.362. The Bertz CT molecular complexity index is 395. The smallest absolute Gasteiger partial charge is 0.269 e. The molecule has 1 atom stereocenters. The number of hydrogen-bond donors (Lipinski definition) is 0. The molecule has 0 saturated heterocycles. The molecule has 0 fully saturated rings. The van der Waals surface area contributed by atoms with Gasteiger partial charge in [0.25, 0.3) is 5.69 Å². The highest BCUT2D eigenvalue weighted by Gasteiger charge is 2.16. The maximum absolute atomic E-state index is 12.6. The predicted octanol–water partition coefficient (Wildman–Crippen LogP) is 3.27. The first kappa shape index (κ1) is 13.4. The monoisotopic (exact) mass is 240 g/mol. The van der Waals surface area contributed by atoms with E-state index in [1.807, 2.05) is 6.92 Å². The highest BCUT2D eigenvalue weighted by molar-refractivity contribution is 5.46. The lowest BCUT2D eigenvalue weighted by Gasteiger charge is -2.14. The van der Waals surface area contributed by atoms with E-state index in [4.69, 9.17) is 4.74 Å². The molecule has 0 aliphatic heterocycles. The third kappa shape index (κ3) is 3.41. The summed E-state index contributed by atoms with van der Waals surface area (Å²) in [6, 6.07) is 4.17. The first-order valence-corrected chi connectivity index (χ1v) is 5.40. The van der Waals surface area contributed by atoms with Crippen molar-refractivity contribution in [1.82, 2.24) is 0 Å². The molecule has 0 heterocycles. The van der Waals surface area contributed by atoms with E-state index in [-0.39, 0.29) is 5.69 Å². The molecular weight excluding hydrogens is 225 g/mol. The number of halogens is 1. The fourth-order valence-electron chi connectivity index (χ4n) is 1.40. The number of rotatable bonds is 6. The standard InChI is InChI=1S/C12H15FNO3/c1-3-6-17-12-5-4-10(14(15)16)7-11(12)9(2)8-13/h4-5,7,9H,2-3,6,8H2,1H3. The summed E-state index contributed by atoms with van der Waals surface area (Å²) in [5.74, 6) is -0.183. The summed E-state index contributed by atoms with van der Waals surface area (Å²) in [5, 5.41) is 10.6. The molecule has 1 aromatic carbocycles. The topological polar surface area (TPSA) is 52.4 Å². The molecule has 0 amide bonds. The van der Waals surface area contributed by atoms with Gasteiger partial charge in [-0.25, -0.2) is 0 Å². The molecule has 1 radical (unpaired) electrons. The van der Waals surface area contributed by atoms with Gasteiger partial charge in [0.15, 0.2) is 0 Å². The summed E-state index contributed by atoms with van der Waals surface area (Å²) in [7, 11) is 0. The summed E-state index contributed by atoms with van der Waals surface area (Å²) >= 11 is 0. The number of alkyl halides is 1. The molecule has 0 bridgehead atoms. The molecular formula is C12H15FNO3. The SMILES string of the molecule is [CH2]C(CF)c1cc([N+](=O)[O-])ccc1OCCC. The van der Waals surface area contributed by atoms with Crippen molar-refractivity contribution in [2.75, 3.05) is 13.3 Å². The fraction of sp³-hybridized carbons (Fsp3) is 0.417. The van der Waals surface area contributed by atoms with Gasteiger partial charge in [-0.05, 0) is 19.4 Å². The van der Waals surface area contributed by atoms with E-state index >= 15 is 0 Å². The molecule has 1 unspecified atom stereocenters. The Morgan fingerprint density at radius 2 is 2.29 bits per heavy atom. The zero-order valence-corrected chi connectivity index (χ0v) is 9.69. The van der Waals surface area contributed by atoms with Gasteiger partial charge in [-0.3, -0.25) is 14.5 Å². The zero-order valence-electron chi connectivity index (χ0n) is 9.69. The molecule has 4 nitrogen and oxygen atoms in total. The van der Waals surface area contributed by atoms with Gasteiger partial charge in [-0.15, -0.1) is 0 Å². The summed E-state index contributed by atoms with van der Waals surface area (Å²) in [6.45, 7) is 5.38. The number of ether oxygens (including phenoxy) is 1. The normalized spacial score (nSPS) is 12.2. The minimum atomic E-state index is -0.677. The quantitative estimate of drug-likeness (QED) is 0.566. The van der Waals surface area contributed by atoms with E-state index in [9.17, 15) is 14.5 Å². The molecule has 0 saturated carbocycles. The van der Waals surface area contributed by atoms with E-state index in [0.717, 1.165) is 6.42 Å². The van der Waals surface area contributed by atoms with Crippen molar-refractivity contribution < 1.29 is 14.1 Å². The van der Waals surface area contributed by atoms with Crippen LogP contribution in [0.3, 0.4) is 0 Å². The Balaban J connectivity index is 3.07. The minimum absolute atomic E-state index is 0.0778. The zero-order chi connectivity index (χ0) is 12.8. The van der Waals surface area contributed by atoms with Gasteiger partial charge in [0, 0.05) is 23.6 Å². The van der Waals surface area contributed by atoms with Crippen molar-refractivity contribution in [1.29, 1.82) is 0 Å². The van der Waals surface area contributed by atoms with Crippen molar-refractivity contribution in [3.63, 3.8) is 0 Å². The molecule has 93 valence electrons. The predicted molar refractivity (Wildman–Crippen MR) is 63.0 cm³/mol. The lowest BCUT2D eigenvalue weighted by atomic mass is 10.0. The van der Waals surface area contributed by atoms with Crippen LogP contribution in [-0.4, -0.2) is 18.2 Å². The van der Waals surface area contributed by atoms with Gasteiger partial charge in [0.1, 0.15) is 5.75 Å². The molecule has 0 aliphatic rings. The first-order chi connectivity index (χ1) is 8.10. The molecule has 1 aromatic rings. The Morgan fingerprint density at radius 3 is 2.82 bits per heavy atom. The molecule has 0 N–H and O–H groups in total. The van der Waals surface area contributed by atoms with Gasteiger partial charge in [0.2, 0.25) is 0 Å². The Hall–Kier alpha value is -1.65. The van der Waals surface area contributed by atoms with E-state index in [2.05, 4.69) is 6.92 Å². The molecule has 5 heteroatoms. The summed E-state index contributed by atoms with van der Waals surface area (Å²) < 4.78 is 18.0. The van der Waals surface area contributed by atoms with Gasteiger partial charge < -0.3 is 4.74 Å². The van der Waals surface area contributed by atoms with E-state index in [1.54, 1.807) is 0 Å². The van der Waals surface area contributed by atoms with Crippen molar-refractivity contribution in [3.05, 3.63) is 40.8 Å². The van der Waals surface area contributed by atoms with Crippen molar-refractivity contribution in [3.8, 4) is 5.75 Å². The van der Waals surface area contributed by atoms with Crippen LogP contribution in [0, 0.1) is 17.0 Å². The molecule has 0 aromatic heterocycles. The maximum atomic E-state index is 12.6.